The summed E-state index contributed by atoms with van der Waals surface area (Å²) in [6.45, 7) is 2.71. The number of nitrogens with zero attached hydrogens (tertiary/aromatic N) is 3. The minimum absolute atomic E-state index is 0.713. The fourth-order valence-electron chi connectivity index (χ4n) is 2.89. The van der Waals surface area contributed by atoms with E-state index in [-0.39, 0.29) is 0 Å². The van der Waals surface area contributed by atoms with Crippen molar-refractivity contribution in [2.45, 2.75) is 13.5 Å². The number of benzene rings is 2. The van der Waals surface area contributed by atoms with Crippen molar-refractivity contribution in [2.75, 3.05) is 5.32 Å². The number of aromatic nitrogens is 3. The van der Waals surface area contributed by atoms with Crippen LogP contribution in [0.5, 0.6) is 0 Å². The molecule has 4 aromatic rings. The zero-order valence-corrected chi connectivity index (χ0v) is 15.9. The highest BCUT2D eigenvalue weighted by molar-refractivity contribution is 9.10. The summed E-state index contributed by atoms with van der Waals surface area (Å²) in [5.74, 6) is 0.843. The lowest BCUT2D eigenvalue weighted by molar-refractivity contribution is 1.10. The van der Waals surface area contributed by atoms with E-state index in [2.05, 4.69) is 72.6 Å². The molecule has 0 unspecified atom stereocenters. The first-order chi connectivity index (χ1) is 12.7. The van der Waals surface area contributed by atoms with Crippen molar-refractivity contribution < 1.29 is 0 Å². The number of aryl methyl sites for hydroxylation is 1. The maximum atomic E-state index is 4.44. The average molecular weight is 405 g/mol. The van der Waals surface area contributed by atoms with Crippen LogP contribution in [-0.4, -0.2) is 15.0 Å². The fraction of sp³-hybridized carbons (Fsp3) is 0.0952. The molecule has 0 fully saturated rings. The van der Waals surface area contributed by atoms with E-state index in [0.717, 1.165) is 38.0 Å². The van der Waals surface area contributed by atoms with Crippen molar-refractivity contribution in [3.05, 3.63) is 82.9 Å². The number of hydrogen-bond acceptors (Lipinski definition) is 4. The number of hydrogen-bond donors (Lipinski definition) is 1. The van der Waals surface area contributed by atoms with Crippen LogP contribution < -0.4 is 5.32 Å². The Labute approximate surface area is 160 Å². The van der Waals surface area contributed by atoms with E-state index in [9.17, 15) is 0 Å². The highest BCUT2D eigenvalue weighted by Crippen LogP contribution is 2.26. The molecule has 0 aliphatic rings. The van der Waals surface area contributed by atoms with E-state index in [1.165, 1.54) is 5.56 Å². The van der Waals surface area contributed by atoms with Crippen LogP contribution in [-0.2, 0) is 6.54 Å². The molecule has 2 heterocycles. The summed E-state index contributed by atoms with van der Waals surface area (Å²) in [6.07, 6.45) is 3.44. The Hall–Kier alpha value is -2.79. The van der Waals surface area contributed by atoms with Gasteiger partial charge in [0.2, 0.25) is 0 Å². The smallest absolute Gasteiger partial charge is 0.137 e. The number of pyridine rings is 1. The molecule has 0 aliphatic carbocycles. The molecule has 0 bridgehead atoms. The average Bonchev–Trinajstić information content (AvgIpc) is 2.67. The summed E-state index contributed by atoms with van der Waals surface area (Å²) in [4.78, 5) is 13.1. The Kier molecular flexibility index (Phi) is 4.63. The number of halogens is 1. The molecule has 4 rings (SSSR count). The Balaban J connectivity index is 1.63. The van der Waals surface area contributed by atoms with E-state index in [1.807, 2.05) is 31.3 Å². The van der Waals surface area contributed by atoms with Crippen LogP contribution in [0, 0.1) is 6.92 Å². The first-order valence-electron chi connectivity index (χ1n) is 8.35. The highest BCUT2D eigenvalue weighted by atomic mass is 79.9. The molecule has 0 saturated heterocycles. The SMILES string of the molecule is Cc1cc(-c2ccc3c(NCc4ccc(Br)cc4)ncnc3c2)ccn1. The standard InChI is InChI=1S/C21H17BrN4/c1-14-10-17(8-9-23-14)16-4-7-19-20(11-16)25-13-26-21(19)24-12-15-2-5-18(22)6-3-15/h2-11,13H,12H2,1H3,(H,24,25,26). The zero-order chi connectivity index (χ0) is 17.9. The Morgan fingerprint density at radius 3 is 2.50 bits per heavy atom. The lowest BCUT2D eigenvalue weighted by Gasteiger charge is -2.10. The number of anilines is 1. The Morgan fingerprint density at radius 2 is 1.69 bits per heavy atom. The van der Waals surface area contributed by atoms with Gasteiger partial charge in [-0.1, -0.05) is 34.1 Å². The van der Waals surface area contributed by atoms with Crippen LogP contribution in [0.25, 0.3) is 22.0 Å². The molecule has 0 atom stereocenters. The van der Waals surface area contributed by atoms with Gasteiger partial charge in [-0.05, 0) is 60.0 Å². The van der Waals surface area contributed by atoms with Gasteiger partial charge in [0.05, 0.1) is 5.52 Å². The highest BCUT2D eigenvalue weighted by Gasteiger charge is 2.06. The lowest BCUT2D eigenvalue weighted by atomic mass is 10.0. The molecule has 5 heteroatoms. The summed E-state index contributed by atoms with van der Waals surface area (Å²) < 4.78 is 1.08. The molecule has 0 amide bonds. The number of nitrogens with one attached hydrogen (secondary N) is 1. The van der Waals surface area contributed by atoms with Crippen LogP contribution in [0.2, 0.25) is 0 Å². The second kappa shape index (κ2) is 7.22. The van der Waals surface area contributed by atoms with E-state index in [4.69, 9.17) is 0 Å². The van der Waals surface area contributed by atoms with Gasteiger partial charge >= 0.3 is 0 Å². The quantitative estimate of drug-likeness (QED) is 0.496. The van der Waals surface area contributed by atoms with Gasteiger partial charge in [0, 0.05) is 28.3 Å². The van der Waals surface area contributed by atoms with Gasteiger partial charge in [0.15, 0.2) is 0 Å². The second-order valence-electron chi connectivity index (χ2n) is 6.12. The van der Waals surface area contributed by atoms with Gasteiger partial charge in [0.1, 0.15) is 12.1 Å². The van der Waals surface area contributed by atoms with Crippen molar-refractivity contribution in [3.63, 3.8) is 0 Å². The molecule has 26 heavy (non-hydrogen) atoms. The minimum Gasteiger partial charge on any atom is -0.365 e. The minimum atomic E-state index is 0.713. The molecule has 0 aliphatic heterocycles. The topological polar surface area (TPSA) is 50.7 Å². The van der Waals surface area contributed by atoms with Gasteiger partial charge in [0.25, 0.3) is 0 Å². The van der Waals surface area contributed by atoms with Crippen LogP contribution in [0.1, 0.15) is 11.3 Å². The van der Waals surface area contributed by atoms with Crippen molar-refractivity contribution >= 4 is 32.7 Å². The van der Waals surface area contributed by atoms with E-state index in [0.29, 0.717) is 6.54 Å². The molecule has 1 N–H and O–H groups in total. The number of rotatable bonds is 4. The Morgan fingerprint density at radius 1 is 0.885 bits per heavy atom. The molecule has 128 valence electrons. The Bertz CT molecular complexity index is 1060. The molecule has 0 spiro atoms. The normalized spacial score (nSPS) is 10.8. The van der Waals surface area contributed by atoms with Gasteiger partial charge < -0.3 is 5.32 Å². The third-order valence-corrected chi connectivity index (χ3v) is 4.77. The van der Waals surface area contributed by atoms with Crippen molar-refractivity contribution in [3.8, 4) is 11.1 Å². The first kappa shape index (κ1) is 16.7. The van der Waals surface area contributed by atoms with Crippen LogP contribution in [0.4, 0.5) is 5.82 Å². The maximum absolute atomic E-state index is 4.44. The summed E-state index contributed by atoms with van der Waals surface area (Å²) >= 11 is 3.46. The molecular weight excluding hydrogens is 388 g/mol. The third kappa shape index (κ3) is 3.58. The van der Waals surface area contributed by atoms with Crippen LogP contribution in [0.3, 0.4) is 0 Å². The van der Waals surface area contributed by atoms with Gasteiger partial charge in [-0.25, -0.2) is 9.97 Å². The van der Waals surface area contributed by atoms with Crippen molar-refractivity contribution in [2.24, 2.45) is 0 Å². The third-order valence-electron chi connectivity index (χ3n) is 4.24. The van der Waals surface area contributed by atoms with Crippen molar-refractivity contribution in [1.29, 1.82) is 0 Å². The van der Waals surface area contributed by atoms with Gasteiger partial charge in [-0.15, -0.1) is 0 Å². The summed E-state index contributed by atoms with van der Waals surface area (Å²) in [7, 11) is 0. The van der Waals surface area contributed by atoms with E-state index in [1.54, 1.807) is 6.33 Å². The zero-order valence-electron chi connectivity index (χ0n) is 14.3. The summed E-state index contributed by atoms with van der Waals surface area (Å²) in [6, 6.07) is 18.6. The molecule has 0 saturated carbocycles. The predicted octanol–water partition coefficient (Wildman–Crippen LogP) is 5.37. The first-order valence-corrected chi connectivity index (χ1v) is 9.14. The van der Waals surface area contributed by atoms with Crippen LogP contribution >= 0.6 is 15.9 Å². The molecule has 2 aromatic carbocycles. The molecule has 0 radical (unpaired) electrons. The van der Waals surface area contributed by atoms with Gasteiger partial charge in [-0.3, -0.25) is 4.98 Å². The number of fused-ring (bicyclic) bond motifs is 1. The van der Waals surface area contributed by atoms with E-state index < -0.39 is 0 Å². The summed E-state index contributed by atoms with van der Waals surface area (Å²) in [5.41, 5.74) is 5.39. The molecular formula is C21H17BrN4. The second-order valence-corrected chi connectivity index (χ2v) is 7.04. The molecule has 2 aromatic heterocycles. The van der Waals surface area contributed by atoms with Crippen LogP contribution in [0.15, 0.2) is 71.6 Å². The fourth-order valence-corrected chi connectivity index (χ4v) is 3.15. The largest absolute Gasteiger partial charge is 0.365 e. The lowest BCUT2D eigenvalue weighted by Crippen LogP contribution is -2.02. The maximum Gasteiger partial charge on any atom is 0.137 e. The monoisotopic (exact) mass is 404 g/mol. The predicted molar refractivity (Wildman–Crippen MR) is 109 cm³/mol. The van der Waals surface area contributed by atoms with Crippen molar-refractivity contribution in [1.82, 2.24) is 15.0 Å². The van der Waals surface area contributed by atoms with E-state index >= 15 is 0 Å². The summed E-state index contributed by atoms with van der Waals surface area (Å²) in [5, 5.41) is 4.43. The molecule has 4 nitrogen and oxygen atoms in total. The van der Waals surface area contributed by atoms with Gasteiger partial charge in [-0.2, -0.15) is 0 Å².